The number of amides is 1. The van der Waals surface area contributed by atoms with Gasteiger partial charge in [-0.15, -0.1) is 11.3 Å². The number of anilines is 2. The number of carbonyl (C=O) groups is 1. The standard InChI is InChI=1S/C23H26N6OS/c1-17-21(31-22(26-17)18-7-3-2-4-8-18)23(30)29-13-11-28(12-14-29)20-15-19(24-16-25-20)27-9-5-6-10-27/h2-4,7-8,15-16H,5-6,9-14H2,1H3. The van der Waals surface area contributed by atoms with Crippen LogP contribution in [0.15, 0.2) is 42.7 Å². The van der Waals surface area contributed by atoms with Gasteiger partial charge in [0, 0.05) is 50.9 Å². The van der Waals surface area contributed by atoms with E-state index in [1.54, 1.807) is 6.33 Å². The van der Waals surface area contributed by atoms with Gasteiger partial charge < -0.3 is 14.7 Å². The SMILES string of the molecule is Cc1nc(-c2ccccc2)sc1C(=O)N1CCN(c2cc(N3CCCC3)ncn2)CC1. The summed E-state index contributed by atoms with van der Waals surface area (Å²) in [6, 6.07) is 12.1. The first-order chi connectivity index (χ1) is 15.2. The van der Waals surface area contributed by atoms with Crippen molar-refractivity contribution in [3.8, 4) is 10.6 Å². The zero-order chi connectivity index (χ0) is 21.2. The predicted octanol–water partition coefficient (Wildman–Crippen LogP) is 3.47. The van der Waals surface area contributed by atoms with Crippen molar-refractivity contribution in [2.75, 3.05) is 49.1 Å². The maximum Gasteiger partial charge on any atom is 0.265 e. The number of hydrogen-bond donors (Lipinski definition) is 0. The Balaban J connectivity index is 1.25. The lowest BCUT2D eigenvalue weighted by molar-refractivity contribution is 0.0750. The molecule has 3 aromatic rings. The van der Waals surface area contributed by atoms with Crippen LogP contribution in [0.3, 0.4) is 0 Å². The van der Waals surface area contributed by atoms with Gasteiger partial charge in [0.2, 0.25) is 0 Å². The number of aromatic nitrogens is 3. The molecule has 2 aliphatic rings. The molecule has 2 saturated heterocycles. The Bertz CT molecular complexity index is 1050. The summed E-state index contributed by atoms with van der Waals surface area (Å²) in [7, 11) is 0. The summed E-state index contributed by atoms with van der Waals surface area (Å²) in [6.07, 6.45) is 4.11. The highest BCUT2D eigenvalue weighted by Crippen LogP contribution is 2.29. The predicted molar refractivity (Wildman–Crippen MR) is 124 cm³/mol. The Kier molecular flexibility index (Phi) is 5.55. The van der Waals surface area contributed by atoms with E-state index in [1.165, 1.54) is 24.2 Å². The lowest BCUT2D eigenvalue weighted by Crippen LogP contribution is -2.49. The highest BCUT2D eigenvalue weighted by molar-refractivity contribution is 7.17. The van der Waals surface area contributed by atoms with Gasteiger partial charge >= 0.3 is 0 Å². The van der Waals surface area contributed by atoms with E-state index in [0.29, 0.717) is 13.1 Å². The van der Waals surface area contributed by atoms with E-state index in [-0.39, 0.29) is 5.91 Å². The van der Waals surface area contributed by atoms with Gasteiger partial charge in [0.15, 0.2) is 0 Å². The van der Waals surface area contributed by atoms with Gasteiger partial charge in [-0.05, 0) is 19.8 Å². The van der Waals surface area contributed by atoms with Crippen LogP contribution in [0.25, 0.3) is 10.6 Å². The van der Waals surface area contributed by atoms with Crippen molar-refractivity contribution < 1.29 is 4.79 Å². The van der Waals surface area contributed by atoms with Crippen LogP contribution in [0, 0.1) is 6.92 Å². The number of carbonyl (C=O) groups excluding carboxylic acids is 1. The summed E-state index contributed by atoms with van der Waals surface area (Å²) in [5.74, 6) is 2.04. The summed E-state index contributed by atoms with van der Waals surface area (Å²) in [6.45, 7) is 6.96. The molecule has 1 amide bonds. The summed E-state index contributed by atoms with van der Waals surface area (Å²) in [4.78, 5) is 34.0. The Labute approximate surface area is 186 Å². The fraction of sp³-hybridized carbons (Fsp3) is 0.391. The molecule has 160 valence electrons. The molecule has 2 aromatic heterocycles. The molecule has 31 heavy (non-hydrogen) atoms. The molecule has 0 bridgehead atoms. The first kappa shape index (κ1) is 19.9. The number of nitrogens with zero attached hydrogens (tertiary/aromatic N) is 6. The molecule has 0 saturated carbocycles. The van der Waals surface area contributed by atoms with Crippen molar-refractivity contribution in [2.24, 2.45) is 0 Å². The van der Waals surface area contributed by atoms with E-state index in [9.17, 15) is 4.79 Å². The smallest absolute Gasteiger partial charge is 0.265 e. The highest BCUT2D eigenvalue weighted by Gasteiger charge is 2.26. The second kappa shape index (κ2) is 8.63. The van der Waals surface area contributed by atoms with Gasteiger partial charge in [0.1, 0.15) is 27.8 Å². The van der Waals surface area contributed by atoms with Crippen LogP contribution in [0.1, 0.15) is 28.2 Å². The van der Waals surface area contributed by atoms with Crippen LogP contribution in [-0.4, -0.2) is 65.0 Å². The van der Waals surface area contributed by atoms with Crippen LogP contribution in [0.4, 0.5) is 11.6 Å². The van der Waals surface area contributed by atoms with E-state index in [4.69, 9.17) is 0 Å². The van der Waals surface area contributed by atoms with Gasteiger partial charge in [-0.1, -0.05) is 30.3 Å². The lowest BCUT2D eigenvalue weighted by Gasteiger charge is -2.35. The molecule has 2 fully saturated rings. The normalized spacial score (nSPS) is 16.7. The summed E-state index contributed by atoms with van der Waals surface area (Å²) >= 11 is 1.49. The summed E-state index contributed by atoms with van der Waals surface area (Å²) in [5.41, 5.74) is 1.86. The van der Waals surface area contributed by atoms with Gasteiger partial charge in [-0.3, -0.25) is 4.79 Å². The molecule has 0 aliphatic carbocycles. The maximum absolute atomic E-state index is 13.2. The number of rotatable bonds is 4. The van der Waals surface area contributed by atoms with E-state index in [0.717, 1.165) is 59.0 Å². The average Bonchev–Trinajstić information content (AvgIpc) is 3.50. The molecule has 8 heteroatoms. The molecule has 0 unspecified atom stereocenters. The molecule has 4 heterocycles. The molecule has 0 spiro atoms. The minimum Gasteiger partial charge on any atom is -0.356 e. The van der Waals surface area contributed by atoms with Gasteiger partial charge in [-0.25, -0.2) is 15.0 Å². The number of thiazole rings is 1. The number of aryl methyl sites for hydroxylation is 1. The quantitative estimate of drug-likeness (QED) is 0.627. The Morgan fingerprint density at radius 1 is 0.903 bits per heavy atom. The maximum atomic E-state index is 13.2. The fourth-order valence-electron chi connectivity index (χ4n) is 4.21. The number of piperazine rings is 1. The van der Waals surface area contributed by atoms with Crippen molar-refractivity contribution in [3.05, 3.63) is 53.3 Å². The molecular weight excluding hydrogens is 408 g/mol. The molecule has 1 aromatic carbocycles. The first-order valence-corrected chi connectivity index (χ1v) is 11.6. The van der Waals surface area contributed by atoms with Crippen molar-refractivity contribution in [1.82, 2.24) is 19.9 Å². The third-order valence-electron chi connectivity index (χ3n) is 5.97. The molecule has 2 aliphatic heterocycles. The average molecular weight is 435 g/mol. The van der Waals surface area contributed by atoms with Crippen LogP contribution < -0.4 is 9.80 Å². The summed E-state index contributed by atoms with van der Waals surface area (Å²) < 4.78 is 0. The second-order valence-corrected chi connectivity index (χ2v) is 9.01. The third-order valence-corrected chi connectivity index (χ3v) is 7.17. The topological polar surface area (TPSA) is 65.5 Å². The van der Waals surface area contributed by atoms with Crippen LogP contribution in [-0.2, 0) is 0 Å². The van der Waals surface area contributed by atoms with Crippen molar-refractivity contribution in [2.45, 2.75) is 19.8 Å². The van der Waals surface area contributed by atoms with Gasteiger partial charge in [0.05, 0.1) is 5.69 Å². The first-order valence-electron chi connectivity index (χ1n) is 10.8. The monoisotopic (exact) mass is 434 g/mol. The number of benzene rings is 1. The van der Waals surface area contributed by atoms with E-state index in [1.807, 2.05) is 42.2 Å². The van der Waals surface area contributed by atoms with Crippen molar-refractivity contribution >= 4 is 28.9 Å². The molecule has 0 N–H and O–H groups in total. The molecule has 0 radical (unpaired) electrons. The Hall–Kier alpha value is -3.00. The molecule has 5 rings (SSSR count). The van der Waals surface area contributed by atoms with E-state index < -0.39 is 0 Å². The summed E-state index contributed by atoms with van der Waals surface area (Å²) in [5, 5.41) is 0.899. The lowest BCUT2D eigenvalue weighted by atomic mass is 10.2. The van der Waals surface area contributed by atoms with Crippen molar-refractivity contribution in [1.29, 1.82) is 0 Å². The zero-order valence-corrected chi connectivity index (χ0v) is 18.5. The molecule has 0 atom stereocenters. The van der Waals surface area contributed by atoms with Crippen LogP contribution in [0.2, 0.25) is 0 Å². The van der Waals surface area contributed by atoms with E-state index in [2.05, 4.69) is 30.8 Å². The Morgan fingerprint density at radius 2 is 1.55 bits per heavy atom. The minimum atomic E-state index is 0.0808. The molecule has 7 nitrogen and oxygen atoms in total. The third kappa shape index (κ3) is 4.12. The fourth-order valence-corrected chi connectivity index (χ4v) is 5.25. The minimum absolute atomic E-state index is 0.0808. The van der Waals surface area contributed by atoms with Crippen LogP contribution in [0.5, 0.6) is 0 Å². The second-order valence-electron chi connectivity index (χ2n) is 8.01. The van der Waals surface area contributed by atoms with Crippen LogP contribution >= 0.6 is 11.3 Å². The Morgan fingerprint density at radius 3 is 2.23 bits per heavy atom. The number of hydrogen-bond acceptors (Lipinski definition) is 7. The molecular formula is C23H26N6OS. The zero-order valence-electron chi connectivity index (χ0n) is 17.7. The highest BCUT2D eigenvalue weighted by atomic mass is 32.1. The van der Waals surface area contributed by atoms with Gasteiger partial charge in [0.25, 0.3) is 5.91 Å². The van der Waals surface area contributed by atoms with E-state index >= 15 is 0 Å². The van der Waals surface area contributed by atoms with Gasteiger partial charge in [-0.2, -0.15) is 0 Å². The largest absolute Gasteiger partial charge is 0.356 e. The van der Waals surface area contributed by atoms with Crippen molar-refractivity contribution in [3.63, 3.8) is 0 Å².